The SMILES string of the molecule is CC1CCc2ccccc2N1c1cc(NN)ncn1. The molecule has 0 saturated heterocycles. The van der Waals surface area contributed by atoms with Gasteiger partial charge in [-0.1, -0.05) is 18.2 Å². The van der Waals surface area contributed by atoms with E-state index in [-0.39, 0.29) is 0 Å². The van der Waals surface area contributed by atoms with Gasteiger partial charge in [-0.3, -0.25) is 0 Å². The maximum atomic E-state index is 5.42. The van der Waals surface area contributed by atoms with Gasteiger partial charge in [0.2, 0.25) is 0 Å². The van der Waals surface area contributed by atoms with Crippen LogP contribution in [0.1, 0.15) is 18.9 Å². The van der Waals surface area contributed by atoms with E-state index < -0.39 is 0 Å². The molecule has 3 rings (SSSR count). The summed E-state index contributed by atoms with van der Waals surface area (Å²) in [6.45, 7) is 2.22. The molecular formula is C14H17N5. The summed E-state index contributed by atoms with van der Waals surface area (Å²) in [6.07, 6.45) is 3.77. The third kappa shape index (κ3) is 2.13. The highest BCUT2D eigenvalue weighted by Crippen LogP contribution is 2.35. The Kier molecular flexibility index (Phi) is 3.05. The predicted molar refractivity (Wildman–Crippen MR) is 76.2 cm³/mol. The van der Waals surface area contributed by atoms with Crippen molar-refractivity contribution in [1.29, 1.82) is 0 Å². The zero-order valence-electron chi connectivity index (χ0n) is 10.9. The summed E-state index contributed by atoms with van der Waals surface area (Å²) in [6, 6.07) is 10.8. The van der Waals surface area contributed by atoms with Gasteiger partial charge in [0.25, 0.3) is 0 Å². The molecule has 5 heteroatoms. The first-order chi connectivity index (χ1) is 9.29. The third-order valence-electron chi connectivity index (χ3n) is 3.57. The van der Waals surface area contributed by atoms with E-state index in [1.54, 1.807) is 0 Å². The molecule has 0 radical (unpaired) electrons. The molecular weight excluding hydrogens is 238 g/mol. The van der Waals surface area contributed by atoms with E-state index in [4.69, 9.17) is 5.84 Å². The van der Waals surface area contributed by atoms with E-state index in [2.05, 4.69) is 51.5 Å². The summed E-state index contributed by atoms with van der Waals surface area (Å²) >= 11 is 0. The van der Waals surface area contributed by atoms with Gasteiger partial charge in [0.05, 0.1) is 0 Å². The van der Waals surface area contributed by atoms with Gasteiger partial charge in [-0.2, -0.15) is 0 Å². The minimum absolute atomic E-state index is 0.412. The van der Waals surface area contributed by atoms with Crippen molar-refractivity contribution in [2.75, 3.05) is 10.3 Å². The molecule has 1 aliphatic rings. The molecule has 1 aliphatic heterocycles. The zero-order chi connectivity index (χ0) is 13.2. The smallest absolute Gasteiger partial charge is 0.145 e. The number of aryl methyl sites for hydroxylation is 1. The number of nitrogens with two attached hydrogens (primary N) is 1. The Morgan fingerprint density at radius 1 is 1.32 bits per heavy atom. The van der Waals surface area contributed by atoms with E-state index in [1.165, 1.54) is 17.6 Å². The number of anilines is 3. The Morgan fingerprint density at radius 3 is 3.00 bits per heavy atom. The Hall–Kier alpha value is -2.14. The van der Waals surface area contributed by atoms with E-state index in [9.17, 15) is 0 Å². The van der Waals surface area contributed by atoms with E-state index >= 15 is 0 Å². The number of nitrogen functional groups attached to an aromatic ring is 1. The second-order valence-corrected chi connectivity index (χ2v) is 4.79. The Bertz CT molecular complexity index is 584. The van der Waals surface area contributed by atoms with Crippen LogP contribution >= 0.6 is 0 Å². The highest BCUT2D eigenvalue weighted by atomic mass is 15.3. The lowest BCUT2D eigenvalue weighted by molar-refractivity contribution is 0.613. The fourth-order valence-corrected chi connectivity index (χ4v) is 2.60. The van der Waals surface area contributed by atoms with Crippen molar-refractivity contribution in [2.45, 2.75) is 25.8 Å². The number of benzene rings is 1. The van der Waals surface area contributed by atoms with Crippen LogP contribution < -0.4 is 16.2 Å². The maximum Gasteiger partial charge on any atom is 0.145 e. The van der Waals surface area contributed by atoms with Crippen LogP contribution in [0.5, 0.6) is 0 Å². The molecule has 0 amide bonds. The number of para-hydroxylation sites is 1. The Balaban J connectivity index is 2.07. The van der Waals surface area contributed by atoms with Crippen LogP contribution in [0, 0.1) is 0 Å². The van der Waals surface area contributed by atoms with Crippen LogP contribution in [0.15, 0.2) is 36.7 Å². The number of aromatic nitrogens is 2. The van der Waals surface area contributed by atoms with E-state index in [0.717, 1.165) is 18.7 Å². The highest BCUT2D eigenvalue weighted by Gasteiger charge is 2.25. The predicted octanol–water partition coefficient (Wildman–Crippen LogP) is 2.23. The van der Waals surface area contributed by atoms with Crippen LogP contribution in [0.4, 0.5) is 17.3 Å². The summed E-state index contributed by atoms with van der Waals surface area (Å²) < 4.78 is 0. The second-order valence-electron chi connectivity index (χ2n) is 4.79. The molecule has 98 valence electrons. The van der Waals surface area contributed by atoms with Gasteiger partial charge in [0, 0.05) is 17.8 Å². The van der Waals surface area contributed by atoms with Gasteiger partial charge < -0.3 is 10.3 Å². The maximum absolute atomic E-state index is 5.42. The molecule has 0 fully saturated rings. The molecule has 0 spiro atoms. The van der Waals surface area contributed by atoms with Crippen molar-refractivity contribution >= 4 is 17.3 Å². The summed E-state index contributed by atoms with van der Waals surface area (Å²) in [5.74, 6) is 6.92. The van der Waals surface area contributed by atoms with Crippen molar-refractivity contribution in [3.05, 3.63) is 42.2 Å². The molecule has 1 aromatic carbocycles. The highest BCUT2D eigenvalue weighted by molar-refractivity contribution is 5.67. The molecule has 0 bridgehead atoms. The summed E-state index contributed by atoms with van der Waals surface area (Å²) in [4.78, 5) is 10.7. The molecule has 5 nitrogen and oxygen atoms in total. The standard InChI is InChI=1S/C14H17N5/c1-10-6-7-11-4-2-3-5-12(11)19(10)14-8-13(18-15)16-9-17-14/h2-5,8-10H,6-7,15H2,1H3,(H,16,17,18). The molecule has 1 unspecified atom stereocenters. The fourth-order valence-electron chi connectivity index (χ4n) is 2.60. The molecule has 2 aromatic rings. The zero-order valence-corrected chi connectivity index (χ0v) is 10.9. The average Bonchev–Trinajstić information content (AvgIpc) is 2.47. The molecule has 3 N–H and O–H groups in total. The Morgan fingerprint density at radius 2 is 2.16 bits per heavy atom. The first-order valence-corrected chi connectivity index (χ1v) is 6.45. The summed E-state index contributed by atoms with van der Waals surface area (Å²) in [7, 11) is 0. The summed E-state index contributed by atoms with van der Waals surface area (Å²) in [5.41, 5.74) is 5.15. The lowest BCUT2D eigenvalue weighted by Crippen LogP contribution is -2.33. The van der Waals surface area contributed by atoms with Gasteiger partial charge in [-0.15, -0.1) is 0 Å². The first kappa shape index (κ1) is 11.9. The van der Waals surface area contributed by atoms with Gasteiger partial charge in [-0.05, 0) is 31.4 Å². The minimum Gasteiger partial charge on any atom is -0.323 e. The van der Waals surface area contributed by atoms with Crippen LogP contribution in [-0.4, -0.2) is 16.0 Å². The third-order valence-corrected chi connectivity index (χ3v) is 3.57. The molecule has 1 aromatic heterocycles. The average molecular weight is 255 g/mol. The van der Waals surface area contributed by atoms with Gasteiger partial charge in [0.1, 0.15) is 18.0 Å². The van der Waals surface area contributed by atoms with Gasteiger partial charge in [-0.25, -0.2) is 15.8 Å². The van der Waals surface area contributed by atoms with Crippen molar-refractivity contribution in [1.82, 2.24) is 9.97 Å². The van der Waals surface area contributed by atoms with Crippen LogP contribution in [0.25, 0.3) is 0 Å². The van der Waals surface area contributed by atoms with Crippen LogP contribution in [-0.2, 0) is 6.42 Å². The monoisotopic (exact) mass is 255 g/mol. The van der Waals surface area contributed by atoms with Gasteiger partial charge >= 0.3 is 0 Å². The lowest BCUT2D eigenvalue weighted by Gasteiger charge is -2.36. The number of hydrazine groups is 1. The second kappa shape index (κ2) is 4.85. The number of hydrogen-bond acceptors (Lipinski definition) is 5. The minimum atomic E-state index is 0.412. The normalized spacial score (nSPS) is 18.0. The molecule has 0 aliphatic carbocycles. The quantitative estimate of drug-likeness (QED) is 0.636. The molecule has 1 atom stereocenters. The molecule has 2 heterocycles. The Labute approximate surface area is 112 Å². The largest absolute Gasteiger partial charge is 0.323 e. The van der Waals surface area contributed by atoms with Crippen molar-refractivity contribution in [3.63, 3.8) is 0 Å². The number of fused-ring (bicyclic) bond motifs is 1. The lowest BCUT2D eigenvalue weighted by atomic mass is 9.97. The van der Waals surface area contributed by atoms with Gasteiger partial charge in [0.15, 0.2) is 0 Å². The molecule has 0 saturated carbocycles. The number of rotatable bonds is 2. The van der Waals surface area contributed by atoms with E-state index in [0.29, 0.717) is 11.9 Å². The van der Waals surface area contributed by atoms with Crippen molar-refractivity contribution in [3.8, 4) is 0 Å². The van der Waals surface area contributed by atoms with E-state index in [1.807, 2.05) is 6.07 Å². The number of nitrogens with one attached hydrogen (secondary N) is 1. The molecule has 19 heavy (non-hydrogen) atoms. The van der Waals surface area contributed by atoms with Crippen LogP contribution in [0.2, 0.25) is 0 Å². The van der Waals surface area contributed by atoms with Crippen LogP contribution in [0.3, 0.4) is 0 Å². The van der Waals surface area contributed by atoms with Crippen molar-refractivity contribution < 1.29 is 0 Å². The number of hydrogen-bond donors (Lipinski definition) is 2. The first-order valence-electron chi connectivity index (χ1n) is 6.45. The number of nitrogens with zero attached hydrogens (tertiary/aromatic N) is 3. The van der Waals surface area contributed by atoms with Crippen molar-refractivity contribution in [2.24, 2.45) is 5.84 Å². The fraction of sp³-hybridized carbons (Fsp3) is 0.286. The topological polar surface area (TPSA) is 67.1 Å². The summed E-state index contributed by atoms with van der Waals surface area (Å²) in [5, 5.41) is 0.